The second kappa shape index (κ2) is 3.49. The van der Waals surface area contributed by atoms with Crippen molar-refractivity contribution in [2.45, 2.75) is 25.8 Å². The van der Waals surface area contributed by atoms with Crippen molar-refractivity contribution < 1.29 is 0 Å². The molecule has 0 aromatic carbocycles. The van der Waals surface area contributed by atoms with Crippen molar-refractivity contribution in [3.05, 3.63) is 11.1 Å². The highest BCUT2D eigenvalue weighted by Crippen LogP contribution is 2.41. The average Bonchev–Trinajstić information content (AvgIpc) is 2.77. The molecule has 1 aromatic heterocycles. The number of aromatic nitrogens is 2. The lowest BCUT2D eigenvalue weighted by Gasteiger charge is -2.13. The summed E-state index contributed by atoms with van der Waals surface area (Å²) in [6.07, 6.45) is 4.60. The van der Waals surface area contributed by atoms with Gasteiger partial charge >= 0.3 is 0 Å². The lowest BCUT2D eigenvalue weighted by molar-refractivity contribution is 0.503. The molecule has 0 bridgehead atoms. The van der Waals surface area contributed by atoms with Gasteiger partial charge < -0.3 is 5.32 Å². The van der Waals surface area contributed by atoms with Gasteiger partial charge in [-0.15, -0.1) is 5.10 Å². The molecule has 66 valence electrons. The summed E-state index contributed by atoms with van der Waals surface area (Å²) in [6, 6.07) is 0.523. The summed E-state index contributed by atoms with van der Waals surface area (Å²) in [4.78, 5) is 1.29. The summed E-state index contributed by atoms with van der Waals surface area (Å²) in [5.74, 6) is 0.840. The van der Waals surface area contributed by atoms with Crippen LogP contribution in [0.15, 0.2) is 6.20 Å². The fraction of sp³-hybridized carbons (Fsp3) is 0.750. The van der Waals surface area contributed by atoms with E-state index in [1.54, 1.807) is 0 Å². The van der Waals surface area contributed by atoms with E-state index in [0.29, 0.717) is 6.04 Å². The van der Waals surface area contributed by atoms with Gasteiger partial charge in [0, 0.05) is 6.04 Å². The van der Waals surface area contributed by atoms with E-state index in [-0.39, 0.29) is 0 Å². The van der Waals surface area contributed by atoms with Crippen LogP contribution < -0.4 is 5.32 Å². The van der Waals surface area contributed by atoms with Crippen molar-refractivity contribution in [2.24, 2.45) is 5.92 Å². The SMILES string of the molecule is CCNC(c1cnns1)C1CC1. The van der Waals surface area contributed by atoms with Crippen molar-refractivity contribution in [2.75, 3.05) is 6.54 Å². The fourth-order valence-corrected chi connectivity index (χ4v) is 2.13. The Bertz CT molecular complexity index is 230. The largest absolute Gasteiger partial charge is 0.309 e. The van der Waals surface area contributed by atoms with Gasteiger partial charge in [0.2, 0.25) is 0 Å². The third-order valence-electron chi connectivity index (χ3n) is 2.20. The second-order valence-corrected chi connectivity index (χ2v) is 4.01. The van der Waals surface area contributed by atoms with Crippen molar-refractivity contribution in [1.29, 1.82) is 0 Å². The average molecular weight is 183 g/mol. The highest BCUT2D eigenvalue weighted by atomic mass is 32.1. The first-order chi connectivity index (χ1) is 5.92. The zero-order chi connectivity index (χ0) is 8.39. The van der Waals surface area contributed by atoms with E-state index in [1.807, 2.05) is 6.20 Å². The minimum Gasteiger partial charge on any atom is -0.309 e. The van der Waals surface area contributed by atoms with Crippen molar-refractivity contribution >= 4 is 11.5 Å². The molecule has 0 saturated heterocycles. The molecule has 0 aliphatic heterocycles. The summed E-state index contributed by atoms with van der Waals surface area (Å²) in [5, 5.41) is 7.34. The van der Waals surface area contributed by atoms with Crippen LogP contribution in [0.1, 0.15) is 30.7 Å². The van der Waals surface area contributed by atoms with Crippen LogP contribution in [0.4, 0.5) is 0 Å². The molecule has 4 heteroatoms. The Balaban J connectivity index is 2.05. The topological polar surface area (TPSA) is 37.8 Å². The molecule has 1 N–H and O–H groups in total. The van der Waals surface area contributed by atoms with Crippen LogP contribution in [0.25, 0.3) is 0 Å². The molecule has 1 aromatic rings. The maximum absolute atomic E-state index is 3.89. The predicted molar refractivity (Wildman–Crippen MR) is 49.1 cm³/mol. The van der Waals surface area contributed by atoms with Crippen molar-refractivity contribution in [3.8, 4) is 0 Å². The number of hydrogen-bond donors (Lipinski definition) is 1. The molecule has 1 atom stereocenters. The summed E-state index contributed by atoms with van der Waals surface area (Å²) in [7, 11) is 0. The first-order valence-corrected chi connectivity index (χ1v) is 5.19. The maximum Gasteiger partial charge on any atom is 0.0669 e. The highest BCUT2D eigenvalue weighted by Gasteiger charge is 2.32. The Kier molecular flexibility index (Phi) is 2.37. The first-order valence-electron chi connectivity index (χ1n) is 4.42. The third-order valence-corrected chi connectivity index (χ3v) is 2.95. The molecular formula is C8H13N3S. The molecule has 2 rings (SSSR count). The summed E-state index contributed by atoms with van der Waals surface area (Å²) >= 11 is 1.52. The Morgan fingerprint density at radius 1 is 1.75 bits per heavy atom. The van der Waals surface area contributed by atoms with E-state index >= 15 is 0 Å². The lowest BCUT2D eigenvalue weighted by atomic mass is 10.1. The molecule has 1 fully saturated rings. The van der Waals surface area contributed by atoms with Crippen LogP contribution in [0.5, 0.6) is 0 Å². The van der Waals surface area contributed by atoms with Crippen molar-refractivity contribution in [1.82, 2.24) is 14.9 Å². The number of nitrogens with zero attached hydrogens (tertiary/aromatic N) is 2. The fourth-order valence-electron chi connectivity index (χ4n) is 1.46. The first kappa shape index (κ1) is 8.13. The van der Waals surface area contributed by atoms with Gasteiger partial charge in [-0.05, 0) is 36.8 Å². The molecule has 1 saturated carbocycles. The Morgan fingerprint density at radius 3 is 3.08 bits per heavy atom. The van der Waals surface area contributed by atoms with E-state index < -0.39 is 0 Å². The number of rotatable bonds is 4. The van der Waals surface area contributed by atoms with E-state index in [4.69, 9.17) is 0 Å². The van der Waals surface area contributed by atoms with Gasteiger partial charge in [-0.2, -0.15) is 0 Å². The Morgan fingerprint density at radius 2 is 2.58 bits per heavy atom. The molecule has 1 aliphatic carbocycles. The van der Waals surface area contributed by atoms with Crippen LogP contribution in [-0.4, -0.2) is 16.1 Å². The normalized spacial score (nSPS) is 19.4. The van der Waals surface area contributed by atoms with Gasteiger partial charge in [0.25, 0.3) is 0 Å². The van der Waals surface area contributed by atoms with Crippen LogP contribution in [0.3, 0.4) is 0 Å². The van der Waals surface area contributed by atoms with Gasteiger partial charge in [0.1, 0.15) is 0 Å². The summed E-state index contributed by atoms with van der Waals surface area (Å²) in [6.45, 7) is 3.17. The van der Waals surface area contributed by atoms with E-state index in [1.165, 1.54) is 29.3 Å². The Labute approximate surface area is 76.4 Å². The highest BCUT2D eigenvalue weighted by molar-refractivity contribution is 7.05. The van der Waals surface area contributed by atoms with Crippen LogP contribution in [0, 0.1) is 5.92 Å². The molecule has 12 heavy (non-hydrogen) atoms. The molecule has 0 radical (unpaired) electrons. The van der Waals surface area contributed by atoms with Gasteiger partial charge in [-0.1, -0.05) is 11.4 Å². The van der Waals surface area contributed by atoms with Gasteiger partial charge in [-0.25, -0.2) is 0 Å². The van der Waals surface area contributed by atoms with Crippen LogP contribution in [0.2, 0.25) is 0 Å². The van der Waals surface area contributed by atoms with E-state index in [0.717, 1.165) is 12.5 Å². The molecule has 0 spiro atoms. The number of hydrogen-bond acceptors (Lipinski definition) is 4. The van der Waals surface area contributed by atoms with Crippen LogP contribution in [-0.2, 0) is 0 Å². The second-order valence-electron chi connectivity index (χ2n) is 3.19. The molecule has 0 amide bonds. The minimum atomic E-state index is 0.523. The zero-order valence-corrected chi connectivity index (χ0v) is 7.97. The summed E-state index contributed by atoms with van der Waals surface area (Å²) in [5.41, 5.74) is 0. The molecule has 1 unspecified atom stereocenters. The van der Waals surface area contributed by atoms with Crippen LogP contribution >= 0.6 is 11.5 Å². The van der Waals surface area contributed by atoms with E-state index in [2.05, 4.69) is 21.8 Å². The van der Waals surface area contributed by atoms with Gasteiger partial charge in [0.15, 0.2) is 0 Å². The standard InChI is InChI=1S/C8H13N3S/c1-2-9-8(6-3-4-6)7-5-10-11-12-7/h5-6,8-9H,2-4H2,1H3. The monoisotopic (exact) mass is 183 g/mol. The van der Waals surface area contributed by atoms with Gasteiger partial charge in [-0.3, -0.25) is 0 Å². The molecule has 1 aliphatic rings. The molecule has 3 nitrogen and oxygen atoms in total. The number of nitrogens with one attached hydrogen (secondary N) is 1. The quantitative estimate of drug-likeness (QED) is 0.770. The predicted octanol–water partition coefficient (Wildman–Crippen LogP) is 1.60. The molecular weight excluding hydrogens is 170 g/mol. The minimum absolute atomic E-state index is 0.523. The maximum atomic E-state index is 3.89. The lowest BCUT2D eigenvalue weighted by Crippen LogP contribution is -2.21. The van der Waals surface area contributed by atoms with Crippen molar-refractivity contribution in [3.63, 3.8) is 0 Å². The molecule has 1 heterocycles. The smallest absolute Gasteiger partial charge is 0.0669 e. The summed E-state index contributed by atoms with van der Waals surface area (Å²) < 4.78 is 3.89. The Hall–Kier alpha value is -0.480. The third kappa shape index (κ3) is 1.64. The van der Waals surface area contributed by atoms with Gasteiger partial charge in [0.05, 0.1) is 11.1 Å². The van der Waals surface area contributed by atoms with E-state index in [9.17, 15) is 0 Å². The zero-order valence-electron chi connectivity index (χ0n) is 7.16.